The van der Waals surface area contributed by atoms with Crippen molar-refractivity contribution in [2.24, 2.45) is 11.7 Å². The highest BCUT2D eigenvalue weighted by molar-refractivity contribution is 7.89. The molecule has 1 aromatic carbocycles. The van der Waals surface area contributed by atoms with Crippen molar-refractivity contribution >= 4 is 10.0 Å². The maximum Gasteiger partial charge on any atom is 0.240 e. The molecule has 1 aromatic rings. The Morgan fingerprint density at radius 2 is 2.10 bits per heavy atom. The number of hydrogen-bond donors (Lipinski definition) is 2. The lowest BCUT2D eigenvalue weighted by atomic mass is 10.1. The van der Waals surface area contributed by atoms with Crippen LogP contribution in [0.25, 0.3) is 0 Å². The fourth-order valence-electron chi connectivity index (χ4n) is 2.79. The molecule has 0 aliphatic carbocycles. The number of nitrogens with zero attached hydrogens (tertiary/aromatic N) is 1. The largest absolute Gasteiger partial charge is 0.326 e. The predicted octanol–water partition coefficient (Wildman–Crippen LogP) is 0.992. The van der Waals surface area contributed by atoms with Crippen molar-refractivity contribution in [2.45, 2.75) is 31.7 Å². The van der Waals surface area contributed by atoms with Gasteiger partial charge >= 0.3 is 0 Å². The van der Waals surface area contributed by atoms with E-state index in [1.54, 1.807) is 6.07 Å². The van der Waals surface area contributed by atoms with E-state index < -0.39 is 10.0 Å². The molecule has 5 nitrogen and oxygen atoms in total. The van der Waals surface area contributed by atoms with E-state index in [4.69, 9.17) is 5.73 Å². The first kappa shape index (κ1) is 16.4. The van der Waals surface area contributed by atoms with Crippen LogP contribution >= 0.6 is 0 Å². The molecule has 0 radical (unpaired) electrons. The van der Waals surface area contributed by atoms with Crippen LogP contribution in [0.5, 0.6) is 0 Å². The van der Waals surface area contributed by atoms with E-state index in [0.717, 1.165) is 36.2 Å². The maximum atomic E-state index is 12.5. The van der Waals surface area contributed by atoms with Crippen LogP contribution in [0.1, 0.15) is 23.1 Å². The van der Waals surface area contributed by atoms with E-state index in [-0.39, 0.29) is 0 Å². The molecule has 1 aliphatic rings. The number of benzene rings is 1. The maximum absolute atomic E-state index is 12.5. The number of rotatable bonds is 5. The molecule has 3 N–H and O–H groups in total. The Hall–Kier alpha value is -0.950. The van der Waals surface area contributed by atoms with Crippen molar-refractivity contribution < 1.29 is 8.42 Å². The van der Waals surface area contributed by atoms with E-state index >= 15 is 0 Å². The van der Waals surface area contributed by atoms with Gasteiger partial charge in [-0.25, -0.2) is 13.1 Å². The van der Waals surface area contributed by atoms with Crippen molar-refractivity contribution in [3.05, 3.63) is 28.8 Å². The third kappa shape index (κ3) is 3.83. The lowest BCUT2D eigenvalue weighted by Crippen LogP contribution is -2.31. The van der Waals surface area contributed by atoms with Crippen LogP contribution in [0.15, 0.2) is 17.0 Å². The van der Waals surface area contributed by atoms with Gasteiger partial charge in [-0.3, -0.25) is 0 Å². The van der Waals surface area contributed by atoms with Gasteiger partial charge in [0.1, 0.15) is 0 Å². The molecule has 2 rings (SSSR count). The van der Waals surface area contributed by atoms with Gasteiger partial charge in [0.15, 0.2) is 0 Å². The number of hydrogen-bond acceptors (Lipinski definition) is 4. The summed E-state index contributed by atoms with van der Waals surface area (Å²) >= 11 is 0. The summed E-state index contributed by atoms with van der Waals surface area (Å²) in [7, 11) is -1.41. The monoisotopic (exact) mass is 311 g/mol. The van der Waals surface area contributed by atoms with Gasteiger partial charge in [-0.1, -0.05) is 6.07 Å². The second kappa shape index (κ2) is 6.44. The molecule has 1 fully saturated rings. The highest BCUT2D eigenvalue weighted by Gasteiger charge is 2.23. The van der Waals surface area contributed by atoms with Crippen molar-refractivity contribution in [3.63, 3.8) is 0 Å². The molecule has 1 atom stereocenters. The molecule has 0 bridgehead atoms. The van der Waals surface area contributed by atoms with E-state index in [1.165, 1.54) is 0 Å². The number of nitrogens with one attached hydrogen (secondary N) is 1. The summed E-state index contributed by atoms with van der Waals surface area (Å²) in [5.41, 5.74) is 8.25. The van der Waals surface area contributed by atoms with Gasteiger partial charge in [0.05, 0.1) is 4.90 Å². The Bertz CT molecular complexity index is 614. The summed E-state index contributed by atoms with van der Waals surface area (Å²) in [6.07, 6.45) is 1.04. The SMILES string of the molecule is Cc1cc(CN)cc(S(=O)(=O)NCC2CCN(C)C2)c1C. The van der Waals surface area contributed by atoms with E-state index in [9.17, 15) is 8.42 Å². The fourth-order valence-corrected chi connectivity index (χ4v) is 4.28. The number of nitrogens with two attached hydrogens (primary N) is 1. The fraction of sp³-hybridized carbons (Fsp3) is 0.600. The standard InChI is InChI=1S/C15H25N3O2S/c1-11-6-14(8-16)7-15(12(11)2)21(19,20)17-9-13-4-5-18(3)10-13/h6-7,13,17H,4-5,8-10,16H2,1-3H3. The number of likely N-dealkylation sites (tertiary alicyclic amines) is 1. The topological polar surface area (TPSA) is 75.4 Å². The molecule has 0 saturated carbocycles. The normalized spacial score (nSPS) is 20.1. The lowest BCUT2D eigenvalue weighted by Gasteiger charge is -2.15. The van der Waals surface area contributed by atoms with Gasteiger partial charge in [-0.2, -0.15) is 0 Å². The molecule has 6 heteroatoms. The highest BCUT2D eigenvalue weighted by Crippen LogP contribution is 2.21. The summed E-state index contributed by atoms with van der Waals surface area (Å²) in [5.74, 6) is 0.392. The van der Waals surface area contributed by atoms with Crippen LogP contribution in [-0.4, -0.2) is 40.0 Å². The summed E-state index contributed by atoms with van der Waals surface area (Å²) < 4.78 is 27.9. The summed E-state index contributed by atoms with van der Waals surface area (Å²) in [6.45, 7) is 6.58. The van der Waals surface area contributed by atoms with Crippen LogP contribution in [0.3, 0.4) is 0 Å². The smallest absolute Gasteiger partial charge is 0.240 e. The third-order valence-corrected chi connectivity index (χ3v) is 5.81. The molecular formula is C15H25N3O2S. The molecule has 1 heterocycles. The lowest BCUT2D eigenvalue weighted by molar-refractivity contribution is 0.394. The van der Waals surface area contributed by atoms with Crippen molar-refractivity contribution in [1.82, 2.24) is 9.62 Å². The summed E-state index contributed by atoms with van der Waals surface area (Å²) in [4.78, 5) is 2.58. The predicted molar refractivity (Wildman–Crippen MR) is 84.6 cm³/mol. The van der Waals surface area contributed by atoms with Crippen molar-refractivity contribution in [3.8, 4) is 0 Å². The minimum atomic E-state index is -3.48. The Balaban J connectivity index is 2.17. The van der Waals surface area contributed by atoms with Crippen molar-refractivity contribution in [1.29, 1.82) is 0 Å². The van der Waals surface area contributed by atoms with Crippen LogP contribution in [-0.2, 0) is 16.6 Å². The molecule has 21 heavy (non-hydrogen) atoms. The van der Waals surface area contributed by atoms with Gasteiger partial charge in [-0.05, 0) is 62.5 Å². The van der Waals surface area contributed by atoms with E-state index in [1.807, 2.05) is 19.9 Å². The van der Waals surface area contributed by atoms with Gasteiger partial charge in [0.25, 0.3) is 0 Å². The van der Waals surface area contributed by atoms with Gasteiger partial charge in [0.2, 0.25) is 10.0 Å². The van der Waals surface area contributed by atoms with Crippen LogP contribution < -0.4 is 10.5 Å². The van der Waals surface area contributed by atoms with Gasteiger partial charge < -0.3 is 10.6 Å². The molecular weight excluding hydrogens is 286 g/mol. The van der Waals surface area contributed by atoms with Gasteiger partial charge in [-0.15, -0.1) is 0 Å². The minimum Gasteiger partial charge on any atom is -0.326 e. The second-order valence-corrected chi connectivity index (χ2v) is 7.74. The van der Waals surface area contributed by atoms with Gasteiger partial charge in [0, 0.05) is 19.6 Å². The molecule has 0 aromatic heterocycles. The van der Waals surface area contributed by atoms with E-state index in [2.05, 4.69) is 16.7 Å². The van der Waals surface area contributed by atoms with Crippen molar-refractivity contribution in [2.75, 3.05) is 26.7 Å². The number of sulfonamides is 1. The Labute approximate surface area is 127 Å². The Morgan fingerprint density at radius 3 is 2.67 bits per heavy atom. The first-order valence-electron chi connectivity index (χ1n) is 7.32. The molecule has 0 amide bonds. The van der Waals surface area contributed by atoms with Crippen LogP contribution in [0, 0.1) is 19.8 Å². The highest BCUT2D eigenvalue weighted by atomic mass is 32.2. The second-order valence-electron chi connectivity index (χ2n) is 6.01. The average Bonchev–Trinajstić information content (AvgIpc) is 2.85. The molecule has 118 valence electrons. The zero-order valence-corrected chi connectivity index (χ0v) is 13.8. The zero-order chi connectivity index (χ0) is 15.6. The zero-order valence-electron chi connectivity index (χ0n) is 13.0. The molecule has 0 spiro atoms. The minimum absolute atomic E-state index is 0.344. The number of aryl methyl sites for hydroxylation is 1. The van der Waals surface area contributed by atoms with Crippen LogP contribution in [0.2, 0.25) is 0 Å². The quantitative estimate of drug-likeness (QED) is 0.850. The first-order chi connectivity index (χ1) is 9.83. The Morgan fingerprint density at radius 1 is 1.38 bits per heavy atom. The summed E-state index contributed by atoms with van der Waals surface area (Å²) in [6, 6.07) is 3.63. The van der Waals surface area contributed by atoms with E-state index in [0.29, 0.717) is 23.9 Å². The summed E-state index contributed by atoms with van der Waals surface area (Å²) in [5, 5.41) is 0. The Kier molecular flexibility index (Phi) is 5.03. The third-order valence-electron chi connectivity index (χ3n) is 4.26. The average molecular weight is 311 g/mol. The van der Waals surface area contributed by atoms with Crippen LogP contribution in [0.4, 0.5) is 0 Å². The molecule has 1 unspecified atom stereocenters. The molecule has 1 aliphatic heterocycles. The molecule has 1 saturated heterocycles. The first-order valence-corrected chi connectivity index (χ1v) is 8.80.